The third kappa shape index (κ3) is 2.51. The maximum atomic E-state index is 11.7. The van der Waals surface area contributed by atoms with E-state index in [-0.39, 0.29) is 17.5 Å². The zero-order valence-corrected chi connectivity index (χ0v) is 10.2. The first kappa shape index (κ1) is 12.2. The minimum Gasteiger partial charge on any atom is -0.497 e. The number of nitrogens with one attached hydrogen (secondary N) is 2. The lowest BCUT2D eigenvalue weighted by molar-refractivity contribution is -0.130. The number of carbonyl (C=O) groups excluding carboxylic acids is 2. The van der Waals surface area contributed by atoms with Gasteiger partial charge in [0.1, 0.15) is 17.5 Å². The number of hydrogen-bond donors (Lipinski definition) is 2. The smallest absolute Gasteiger partial charge is 0.268 e. The van der Waals surface area contributed by atoms with Crippen molar-refractivity contribution in [2.75, 3.05) is 7.11 Å². The van der Waals surface area contributed by atoms with E-state index in [1.165, 1.54) is 0 Å². The number of piperazine rings is 1. The van der Waals surface area contributed by atoms with Gasteiger partial charge in [-0.15, -0.1) is 0 Å². The van der Waals surface area contributed by atoms with Gasteiger partial charge in [0.2, 0.25) is 5.91 Å². The molecule has 1 aliphatic rings. The van der Waals surface area contributed by atoms with Gasteiger partial charge in [0.15, 0.2) is 0 Å². The van der Waals surface area contributed by atoms with Gasteiger partial charge in [0, 0.05) is 0 Å². The molecular weight excluding hydrogens is 232 g/mol. The Balaban J connectivity index is 2.21. The Bertz CT molecular complexity index is 505. The van der Waals surface area contributed by atoms with E-state index in [2.05, 4.69) is 10.6 Å². The summed E-state index contributed by atoms with van der Waals surface area (Å²) in [6, 6.07) is 6.70. The van der Waals surface area contributed by atoms with E-state index >= 15 is 0 Å². The Hall–Kier alpha value is -2.30. The molecule has 2 N–H and O–H groups in total. The zero-order chi connectivity index (χ0) is 13.1. The van der Waals surface area contributed by atoms with Gasteiger partial charge in [-0.05, 0) is 30.7 Å². The summed E-state index contributed by atoms with van der Waals surface area (Å²) >= 11 is 0. The summed E-state index contributed by atoms with van der Waals surface area (Å²) in [6.07, 6.45) is 1.62. The molecule has 0 radical (unpaired) electrons. The van der Waals surface area contributed by atoms with Crippen LogP contribution in [-0.4, -0.2) is 25.0 Å². The normalized spacial score (nSPS) is 21.4. The first-order valence-electron chi connectivity index (χ1n) is 5.57. The van der Waals surface area contributed by atoms with E-state index in [9.17, 15) is 9.59 Å². The van der Waals surface area contributed by atoms with E-state index in [0.29, 0.717) is 0 Å². The van der Waals surface area contributed by atoms with Crippen LogP contribution in [0.1, 0.15) is 12.5 Å². The molecule has 1 aromatic carbocycles. The molecule has 1 aromatic rings. The number of hydrogen-bond acceptors (Lipinski definition) is 3. The highest BCUT2D eigenvalue weighted by Gasteiger charge is 2.25. The highest BCUT2D eigenvalue weighted by Crippen LogP contribution is 2.14. The molecule has 94 valence electrons. The molecule has 0 aliphatic carbocycles. The van der Waals surface area contributed by atoms with Crippen molar-refractivity contribution in [2.45, 2.75) is 13.0 Å². The molecule has 5 nitrogen and oxygen atoms in total. The van der Waals surface area contributed by atoms with Crippen LogP contribution in [-0.2, 0) is 9.59 Å². The van der Waals surface area contributed by atoms with Crippen molar-refractivity contribution >= 4 is 17.9 Å². The van der Waals surface area contributed by atoms with E-state index in [1.54, 1.807) is 32.2 Å². The van der Waals surface area contributed by atoms with Crippen LogP contribution in [0.15, 0.2) is 30.0 Å². The third-order valence-electron chi connectivity index (χ3n) is 2.67. The van der Waals surface area contributed by atoms with Crippen LogP contribution in [0.3, 0.4) is 0 Å². The third-order valence-corrected chi connectivity index (χ3v) is 2.67. The Morgan fingerprint density at radius 1 is 1.22 bits per heavy atom. The van der Waals surface area contributed by atoms with Gasteiger partial charge in [0.25, 0.3) is 5.91 Å². The lowest BCUT2D eigenvalue weighted by Gasteiger charge is -2.21. The second-order valence-corrected chi connectivity index (χ2v) is 4.02. The molecular formula is C13H14N2O3. The molecule has 0 bridgehead atoms. The Kier molecular flexibility index (Phi) is 3.32. The van der Waals surface area contributed by atoms with E-state index in [0.717, 1.165) is 11.3 Å². The Morgan fingerprint density at radius 2 is 1.89 bits per heavy atom. The fourth-order valence-corrected chi connectivity index (χ4v) is 1.61. The average molecular weight is 246 g/mol. The Morgan fingerprint density at radius 3 is 2.50 bits per heavy atom. The maximum absolute atomic E-state index is 11.7. The number of carbonyl (C=O) groups is 2. The number of rotatable bonds is 2. The maximum Gasteiger partial charge on any atom is 0.268 e. The molecule has 2 amide bonds. The fourth-order valence-electron chi connectivity index (χ4n) is 1.61. The van der Waals surface area contributed by atoms with Crippen LogP contribution in [0, 0.1) is 0 Å². The largest absolute Gasteiger partial charge is 0.497 e. The number of methoxy groups -OCH3 is 1. The van der Waals surface area contributed by atoms with E-state index in [1.807, 2.05) is 12.1 Å². The SMILES string of the molecule is COc1ccc(/C=C2\NC(=O)C(C)NC2=O)cc1. The second-order valence-electron chi connectivity index (χ2n) is 4.02. The van der Waals surface area contributed by atoms with Crippen molar-refractivity contribution in [1.29, 1.82) is 0 Å². The van der Waals surface area contributed by atoms with Gasteiger partial charge >= 0.3 is 0 Å². The molecule has 5 heteroatoms. The van der Waals surface area contributed by atoms with Crippen molar-refractivity contribution in [1.82, 2.24) is 10.6 Å². The van der Waals surface area contributed by atoms with Crippen LogP contribution >= 0.6 is 0 Å². The van der Waals surface area contributed by atoms with Crippen molar-refractivity contribution in [3.05, 3.63) is 35.5 Å². The first-order chi connectivity index (χ1) is 8.60. The molecule has 1 atom stereocenters. The fraction of sp³-hybridized carbons (Fsp3) is 0.231. The summed E-state index contributed by atoms with van der Waals surface area (Å²) < 4.78 is 5.04. The molecule has 0 aromatic heterocycles. The zero-order valence-electron chi connectivity index (χ0n) is 10.2. The van der Waals surface area contributed by atoms with Crippen molar-refractivity contribution in [2.24, 2.45) is 0 Å². The van der Waals surface area contributed by atoms with Crippen LogP contribution in [0.2, 0.25) is 0 Å². The quantitative estimate of drug-likeness (QED) is 0.754. The van der Waals surface area contributed by atoms with Crippen LogP contribution in [0.4, 0.5) is 0 Å². The minimum atomic E-state index is -0.495. The molecule has 0 saturated carbocycles. The summed E-state index contributed by atoms with van der Waals surface area (Å²) in [5.41, 5.74) is 1.07. The molecule has 0 spiro atoms. The number of ether oxygens (including phenoxy) is 1. The lowest BCUT2D eigenvalue weighted by Crippen LogP contribution is -2.53. The summed E-state index contributed by atoms with van der Waals surface area (Å²) in [5.74, 6) is 0.246. The summed E-state index contributed by atoms with van der Waals surface area (Å²) in [6.45, 7) is 1.64. The topological polar surface area (TPSA) is 67.4 Å². The molecule has 18 heavy (non-hydrogen) atoms. The van der Waals surface area contributed by atoms with Crippen LogP contribution in [0.25, 0.3) is 6.08 Å². The first-order valence-corrected chi connectivity index (χ1v) is 5.57. The second kappa shape index (κ2) is 4.91. The molecule has 1 fully saturated rings. The highest BCUT2D eigenvalue weighted by molar-refractivity contribution is 6.07. The standard InChI is InChI=1S/C13H14N2O3/c1-8-12(16)15-11(13(17)14-8)7-9-3-5-10(18-2)6-4-9/h3-8H,1-2H3,(H,14,17)(H,15,16)/b11-7-. The van der Waals surface area contributed by atoms with Gasteiger partial charge in [-0.25, -0.2) is 0 Å². The molecule has 1 unspecified atom stereocenters. The van der Waals surface area contributed by atoms with Gasteiger partial charge in [-0.2, -0.15) is 0 Å². The predicted molar refractivity (Wildman–Crippen MR) is 66.7 cm³/mol. The number of amides is 2. The predicted octanol–water partition coefficient (Wildman–Crippen LogP) is 0.671. The van der Waals surface area contributed by atoms with Gasteiger partial charge in [-0.1, -0.05) is 12.1 Å². The number of benzene rings is 1. The van der Waals surface area contributed by atoms with Crippen LogP contribution < -0.4 is 15.4 Å². The lowest BCUT2D eigenvalue weighted by atomic mass is 10.1. The van der Waals surface area contributed by atoms with Crippen molar-refractivity contribution in [3.63, 3.8) is 0 Å². The molecule has 2 rings (SSSR count). The van der Waals surface area contributed by atoms with E-state index in [4.69, 9.17) is 4.74 Å². The monoisotopic (exact) mass is 246 g/mol. The minimum absolute atomic E-state index is 0.214. The average Bonchev–Trinajstić information content (AvgIpc) is 2.37. The van der Waals surface area contributed by atoms with Gasteiger partial charge in [-0.3, -0.25) is 9.59 Å². The molecule has 1 heterocycles. The summed E-state index contributed by atoms with van der Waals surface area (Å²) in [5, 5.41) is 5.15. The summed E-state index contributed by atoms with van der Waals surface area (Å²) in [7, 11) is 1.59. The van der Waals surface area contributed by atoms with Gasteiger partial charge < -0.3 is 15.4 Å². The highest BCUT2D eigenvalue weighted by atomic mass is 16.5. The van der Waals surface area contributed by atoms with Crippen molar-refractivity contribution < 1.29 is 14.3 Å². The van der Waals surface area contributed by atoms with Crippen LogP contribution in [0.5, 0.6) is 5.75 Å². The van der Waals surface area contributed by atoms with Gasteiger partial charge in [0.05, 0.1) is 7.11 Å². The van der Waals surface area contributed by atoms with Crippen molar-refractivity contribution in [3.8, 4) is 5.75 Å². The summed E-state index contributed by atoms with van der Waals surface area (Å²) in [4.78, 5) is 23.1. The molecule has 1 aliphatic heterocycles. The van der Waals surface area contributed by atoms with E-state index < -0.39 is 6.04 Å². The Labute approximate surface area is 105 Å². The molecule has 1 saturated heterocycles.